The van der Waals surface area contributed by atoms with Crippen molar-refractivity contribution in [3.8, 4) is 0 Å². The molecule has 0 aromatic carbocycles. The normalized spacial score (nSPS) is 20.8. The molecule has 0 bridgehead atoms. The van der Waals surface area contributed by atoms with Crippen LogP contribution in [0.15, 0.2) is 0 Å². The van der Waals surface area contributed by atoms with E-state index in [4.69, 9.17) is 0 Å². The lowest BCUT2D eigenvalue weighted by molar-refractivity contribution is -0.133. The number of rotatable bonds is 5. The summed E-state index contributed by atoms with van der Waals surface area (Å²) in [5.74, 6) is 0.230. The van der Waals surface area contributed by atoms with E-state index in [2.05, 4.69) is 19.2 Å². The molecule has 1 fully saturated rings. The maximum Gasteiger partial charge on any atom is 0.237 e. The van der Waals surface area contributed by atoms with Crippen molar-refractivity contribution in [2.75, 3.05) is 33.7 Å². The molecule has 1 heterocycles. The Kier molecular flexibility index (Phi) is 5.22. The minimum Gasteiger partial charge on any atom is -0.338 e. The molecule has 4 heteroatoms. The van der Waals surface area contributed by atoms with Gasteiger partial charge in [0.1, 0.15) is 0 Å². The fraction of sp³-hybridized carbons (Fsp3) is 0.917. The molecule has 1 amide bonds. The van der Waals surface area contributed by atoms with Gasteiger partial charge in [-0.15, -0.1) is 0 Å². The summed E-state index contributed by atoms with van der Waals surface area (Å²) in [6.07, 6.45) is 2.43. The van der Waals surface area contributed by atoms with Gasteiger partial charge in [-0.3, -0.25) is 4.79 Å². The third kappa shape index (κ3) is 4.10. The first kappa shape index (κ1) is 13.5. The van der Waals surface area contributed by atoms with Crippen molar-refractivity contribution >= 4 is 5.91 Å². The van der Waals surface area contributed by atoms with Crippen LogP contribution in [-0.2, 0) is 4.79 Å². The van der Waals surface area contributed by atoms with E-state index in [1.54, 1.807) is 0 Å². The van der Waals surface area contributed by atoms with Gasteiger partial charge in [0.2, 0.25) is 5.91 Å². The summed E-state index contributed by atoms with van der Waals surface area (Å²) in [7, 11) is 3.87. The zero-order valence-electron chi connectivity index (χ0n) is 11.0. The Morgan fingerprint density at radius 1 is 1.44 bits per heavy atom. The third-order valence-corrected chi connectivity index (χ3v) is 2.97. The van der Waals surface area contributed by atoms with Crippen molar-refractivity contribution in [1.29, 1.82) is 0 Å². The monoisotopic (exact) mass is 227 g/mol. The second-order valence-corrected chi connectivity index (χ2v) is 5.17. The summed E-state index contributed by atoms with van der Waals surface area (Å²) in [6.45, 7) is 6.62. The molecule has 1 aliphatic heterocycles. The highest BCUT2D eigenvalue weighted by Gasteiger charge is 2.23. The van der Waals surface area contributed by atoms with Gasteiger partial charge >= 0.3 is 0 Å². The highest BCUT2D eigenvalue weighted by Crippen LogP contribution is 2.09. The Labute approximate surface area is 99.0 Å². The highest BCUT2D eigenvalue weighted by molar-refractivity contribution is 5.78. The smallest absolute Gasteiger partial charge is 0.237 e. The summed E-state index contributed by atoms with van der Waals surface area (Å²) >= 11 is 0. The summed E-state index contributed by atoms with van der Waals surface area (Å²) < 4.78 is 0. The van der Waals surface area contributed by atoms with Crippen molar-refractivity contribution in [2.24, 2.45) is 0 Å². The second kappa shape index (κ2) is 6.21. The number of nitrogens with zero attached hydrogens (tertiary/aromatic N) is 2. The van der Waals surface area contributed by atoms with Crippen LogP contribution in [0.3, 0.4) is 0 Å². The quantitative estimate of drug-likeness (QED) is 0.744. The van der Waals surface area contributed by atoms with Crippen LogP contribution < -0.4 is 5.32 Å². The maximum atomic E-state index is 12.0. The van der Waals surface area contributed by atoms with Gasteiger partial charge in [0.25, 0.3) is 0 Å². The molecule has 0 saturated carbocycles. The lowest BCUT2D eigenvalue weighted by atomic mass is 10.2. The van der Waals surface area contributed by atoms with Gasteiger partial charge < -0.3 is 15.1 Å². The first-order valence-corrected chi connectivity index (χ1v) is 6.18. The van der Waals surface area contributed by atoms with E-state index in [9.17, 15) is 4.79 Å². The summed E-state index contributed by atoms with van der Waals surface area (Å²) in [5, 5.41) is 3.44. The molecule has 0 aromatic rings. The van der Waals surface area contributed by atoms with Gasteiger partial charge in [-0.1, -0.05) is 0 Å². The number of amides is 1. The van der Waals surface area contributed by atoms with Crippen molar-refractivity contribution in [2.45, 2.75) is 38.8 Å². The van der Waals surface area contributed by atoms with Gasteiger partial charge in [0.15, 0.2) is 0 Å². The molecule has 16 heavy (non-hydrogen) atoms. The molecule has 1 N–H and O–H groups in total. The standard InChI is InChI=1S/C12H25N3O/c1-10(2)15(12(16)9-14(3)4)8-11-6-5-7-13-11/h10-11,13H,5-9H2,1-4H3. The van der Waals surface area contributed by atoms with Gasteiger partial charge in [-0.2, -0.15) is 0 Å². The van der Waals surface area contributed by atoms with E-state index in [1.807, 2.05) is 23.9 Å². The Hall–Kier alpha value is -0.610. The number of nitrogens with one attached hydrogen (secondary N) is 1. The van der Waals surface area contributed by atoms with Gasteiger partial charge in [-0.25, -0.2) is 0 Å². The fourth-order valence-corrected chi connectivity index (χ4v) is 2.11. The first-order valence-electron chi connectivity index (χ1n) is 6.18. The molecule has 0 spiro atoms. The Balaban J connectivity index is 2.49. The molecular formula is C12H25N3O. The summed E-state index contributed by atoms with van der Waals surface area (Å²) in [4.78, 5) is 16.0. The van der Waals surface area contributed by atoms with E-state index in [0.717, 1.165) is 13.1 Å². The topological polar surface area (TPSA) is 35.6 Å². The Morgan fingerprint density at radius 2 is 2.12 bits per heavy atom. The van der Waals surface area contributed by atoms with Crippen molar-refractivity contribution in [1.82, 2.24) is 15.1 Å². The lowest BCUT2D eigenvalue weighted by Crippen LogP contribution is -2.47. The zero-order chi connectivity index (χ0) is 12.1. The summed E-state index contributed by atoms with van der Waals surface area (Å²) in [6, 6.07) is 0.781. The molecule has 1 atom stereocenters. The van der Waals surface area contributed by atoms with Crippen LogP contribution in [-0.4, -0.2) is 61.5 Å². The highest BCUT2D eigenvalue weighted by atomic mass is 16.2. The average molecular weight is 227 g/mol. The van der Waals surface area contributed by atoms with E-state index in [1.165, 1.54) is 12.8 Å². The van der Waals surface area contributed by atoms with Crippen LogP contribution in [0.25, 0.3) is 0 Å². The van der Waals surface area contributed by atoms with Crippen LogP contribution in [0, 0.1) is 0 Å². The van der Waals surface area contributed by atoms with Crippen LogP contribution >= 0.6 is 0 Å². The second-order valence-electron chi connectivity index (χ2n) is 5.17. The number of likely N-dealkylation sites (N-methyl/N-ethyl adjacent to an activating group) is 1. The van der Waals surface area contributed by atoms with Crippen LogP contribution in [0.5, 0.6) is 0 Å². The van der Waals surface area contributed by atoms with Crippen LogP contribution in [0.4, 0.5) is 0 Å². The molecule has 1 saturated heterocycles. The molecule has 0 radical (unpaired) electrons. The predicted molar refractivity (Wildman–Crippen MR) is 66.4 cm³/mol. The third-order valence-electron chi connectivity index (χ3n) is 2.97. The molecule has 0 aliphatic carbocycles. The van der Waals surface area contributed by atoms with Crippen LogP contribution in [0.1, 0.15) is 26.7 Å². The molecular weight excluding hydrogens is 202 g/mol. The van der Waals surface area contributed by atoms with E-state index in [0.29, 0.717) is 12.6 Å². The molecule has 94 valence electrons. The van der Waals surface area contributed by atoms with Crippen molar-refractivity contribution < 1.29 is 4.79 Å². The number of hydrogen-bond acceptors (Lipinski definition) is 3. The van der Waals surface area contributed by atoms with Gasteiger partial charge in [-0.05, 0) is 47.3 Å². The number of hydrogen-bond donors (Lipinski definition) is 1. The molecule has 0 aromatic heterocycles. The summed E-state index contributed by atoms with van der Waals surface area (Å²) in [5.41, 5.74) is 0. The molecule has 1 unspecified atom stereocenters. The Bertz CT molecular complexity index is 222. The maximum absolute atomic E-state index is 12.0. The zero-order valence-corrected chi connectivity index (χ0v) is 11.0. The average Bonchev–Trinajstić information content (AvgIpc) is 2.64. The van der Waals surface area contributed by atoms with E-state index >= 15 is 0 Å². The largest absolute Gasteiger partial charge is 0.338 e. The minimum atomic E-state index is 0.230. The molecule has 1 aliphatic rings. The van der Waals surface area contributed by atoms with Crippen molar-refractivity contribution in [3.63, 3.8) is 0 Å². The van der Waals surface area contributed by atoms with Crippen LogP contribution in [0.2, 0.25) is 0 Å². The molecule has 1 rings (SSSR count). The van der Waals surface area contributed by atoms with E-state index in [-0.39, 0.29) is 11.9 Å². The molecule has 4 nitrogen and oxygen atoms in total. The van der Waals surface area contributed by atoms with Gasteiger partial charge in [0.05, 0.1) is 6.54 Å². The fourth-order valence-electron chi connectivity index (χ4n) is 2.11. The number of carbonyl (C=O) groups excluding carboxylic acids is 1. The number of carbonyl (C=O) groups is 1. The first-order chi connectivity index (χ1) is 7.50. The predicted octanol–water partition coefficient (Wildman–Crippen LogP) is 0.537. The minimum absolute atomic E-state index is 0.230. The SMILES string of the molecule is CC(C)N(CC1CCCN1)C(=O)CN(C)C. The Morgan fingerprint density at radius 3 is 2.56 bits per heavy atom. The van der Waals surface area contributed by atoms with E-state index < -0.39 is 0 Å². The van der Waals surface area contributed by atoms with Gasteiger partial charge in [0, 0.05) is 18.6 Å². The van der Waals surface area contributed by atoms with Crippen molar-refractivity contribution in [3.05, 3.63) is 0 Å². The lowest BCUT2D eigenvalue weighted by Gasteiger charge is -2.30.